The Morgan fingerprint density at radius 1 is 1.21 bits per heavy atom. The van der Waals surface area contributed by atoms with Gasteiger partial charge in [0.15, 0.2) is 0 Å². The lowest BCUT2D eigenvalue weighted by Gasteiger charge is -2.50. The van der Waals surface area contributed by atoms with Gasteiger partial charge in [0.05, 0.1) is 5.02 Å². The second-order valence-corrected chi connectivity index (χ2v) is 10.6. The summed E-state index contributed by atoms with van der Waals surface area (Å²) in [5, 5.41) is 7.74. The number of H-pyrrole nitrogens is 1. The molecule has 2 aromatic heterocycles. The van der Waals surface area contributed by atoms with Crippen LogP contribution < -0.4 is 15.6 Å². The Morgan fingerprint density at radius 2 is 1.97 bits per heavy atom. The average Bonchev–Trinajstić information content (AvgIpc) is 3.36. The predicted octanol–water partition coefficient (Wildman–Crippen LogP) is 3.83. The summed E-state index contributed by atoms with van der Waals surface area (Å²) in [4.78, 5) is 23.3. The van der Waals surface area contributed by atoms with Crippen LogP contribution in [0.5, 0.6) is 0 Å². The number of hydrogen-bond donors (Lipinski definition) is 1. The van der Waals surface area contributed by atoms with E-state index in [0.29, 0.717) is 42.7 Å². The van der Waals surface area contributed by atoms with E-state index in [1.807, 2.05) is 11.0 Å². The van der Waals surface area contributed by atoms with E-state index >= 15 is 0 Å². The molecule has 2 saturated heterocycles. The smallest absolute Gasteiger partial charge is 0.314 e. The standard InChI is InChI=1S/C27H33ClFN7O2/c1-4-19-15-35(24-8-7-23(31-17(24)3)25-32-33-27(30)38-25)16(2)14-36(19)20-9-11-34(12-10-20)26(37)18-5-6-21(28)22(29)13-18/h5-8,13,16,19-20H,4,9-12,14-15H2,1-3H3,(H2,30,33)/p+1/t16-,19+/m1/s1. The van der Waals surface area contributed by atoms with Crippen LogP contribution in [0.3, 0.4) is 0 Å². The highest BCUT2D eigenvalue weighted by molar-refractivity contribution is 6.30. The van der Waals surface area contributed by atoms with E-state index in [4.69, 9.17) is 21.8 Å². The Kier molecular flexibility index (Phi) is 7.54. The van der Waals surface area contributed by atoms with Crippen molar-refractivity contribution in [3.05, 3.63) is 52.4 Å². The van der Waals surface area contributed by atoms with E-state index in [1.54, 1.807) is 6.07 Å². The molecule has 0 bridgehead atoms. The first-order valence-electron chi connectivity index (χ1n) is 13.1. The summed E-state index contributed by atoms with van der Waals surface area (Å²) < 4.78 is 19.2. The Balaban J connectivity index is 1.24. The fourth-order valence-corrected chi connectivity index (χ4v) is 5.92. The van der Waals surface area contributed by atoms with Gasteiger partial charge < -0.3 is 20.0 Å². The van der Waals surface area contributed by atoms with Crippen molar-refractivity contribution in [2.45, 2.75) is 58.2 Å². The van der Waals surface area contributed by atoms with Gasteiger partial charge in [0.25, 0.3) is 11.6 Å². The van der Waals surface area contributed by atoms with Gasteiger partial charge in [-0.15, -0.1) is 0 Å². The van der Waals surface area contributed by atoms with Crippen LogP contribution in [0.25, 0.3) is 11.6 Å². The molecule has 4 heterocycles. The molecule has 11 heteroatoms. The van der Waals surface area contributed by atoms with Gasteiger partial charge in [-0.25, -0.2) is 9.37 Å². The number of benzene rings is 1. The maximum absolute atomic E-state index is 13.9. The summed E-state index contributed by atoms with van der Waals surface area (Å²) >= 11 is 5.78. The molecule has 9 nitrogen and oxygen atoms in total. The number of nitrogens with one attached hydrogen (secondary N) is 1. The molecule has 0 spiro atoms. The third-order valence-electron chi connectivity index (χ3n) is 7.84. The Morgan fingerprint density at radius 3 is 2.61 bits per heavy atom. The number of hydrogen-bond acceptors (Lipinski definition) is 7. The van der Waals surface area contributed by atoms with E-state index in [0.717, 1.165) is 49.4 Å². The van der Waals surface area contributed by atoms with Gasteiger partial charge in [0.2, 0.25) is 5.69 Å². The first kappa shape index (κ1) is 26.4. The molecule has 1 amide bonds. The molecular weight excluding hydrogens is 509 g/mol. The predicted molar refractivity (Wildman–Crippen MR) is 143 cm³/mol. The lowest BCUT2D eigenvalue weighted by atomic mass is 9.95. The van der Waals surface area contributed by atoms with Crippen molar-refractivity contribution in [1.29, 1.82) is 0 Å². The topological polar surface area (TPSA) is 106 Å². The number of rotatable bonds is 5. The van der Waals surface area contributed by atoms with Crippen LogP contribution in [-0.2, 0) is 0 Å². The minimum absolute atomic E-state index is 0.0279. The van der Waals surface area contributed by atoms with Crippen LogP contribution in [0.2, 0.25) is 5.02 Å². The van der Waals surface area contributed by atoms with Gasteiger partial charge in [0, 0.05) is 62.9 Å². The zero-order valence-electron chi connectivity index (χ0n) is 22.0. The van der Waals surface area contributed by atoms with E-state index in [1.165, 1.54) is 12.1 Å². The van der Waals surface area contributed by atoms with E-state index < -0.39 is 5.82 Å². The molecule has 2 fully saturated rings. The van der Waals surface area contributed by atoms with Gasteiger partial charge >= 0.3 is 11.9 Å². The first-order valence-corrected chi connectivity index (χ1v) is 13.5. The fourth-order valence-electron chi connectivity index (χ4n) is 5.80. The molecule has 2 aliphatic rings. The largest absolute Gasteiger partial charge is 0.398 e. The number of anilines is 2. The Hall–Kier alpha value is -3.24. The quantitative estimate of drug-likeness (QED) is 0.522. The van der Waals surface area contributed by atoms with Gasteiger partial charge in [-0.1, -0.05) is 28.7 Å². The number of likely N-dealkylation sites (tertiary alicyclic amines) is 1. The lowest BCUT2D eigenvalue weighted by Crippen LogP contribution is -2.62. The summed E-state index contributed by atoms with van der Waals surface area (Å²) in [5.74, 6) is -0.332. The summed E-state index contributed by atoms with van der Waals surface area (Å²) in [7, 11) is 0. The SMILES string of the molecule is CC[C@H]1CN(c2ccc(-c3nnc(N)o3)[nH+]c2C)[C@H](C)CN1C1CCN(C(=O)c2ccc(Cl)c(F)c2)CC1. The maximum atomic E-state index is 13.9. The van der Waals surface area contributed by atoms with Crippen molar-refractivity contribution in [1.82, 2.24) is 20.0 Å². The highest BCUT2D eigenvalue weighted by Gasteiger charge is 2.38. The van der Waals surface area contributed by atoms with Gasteiger partial charge in [-0.2, -0.15) is 0 Å². The zero-order valence-corrected chi connectivity index (χ0v) is 22.7. The molecule has 1 aromatic carbocycles. The summed E-state index contributed by atoms with van der Waals surface area (Å²) in [6.45, 7) is 9.74. The van der Waals surface area contributed by atoms with E-state index in [-0.39, 0.29) is 16.9 Å². The summed E-state index contributed by atoms with van der Waals surface area (Å²) in [6.07, 6.45) is 2.84. The molecule has 5 rings (SSSR count). The van der Waals surface area contributed by atoms with Gasteiger partial charge in [-0.3, -0.25) is 9.69 Å². The van der Waals surface area contributed by atoms with Crippen LogP contribution in [0.4, 0.5) is 16.1 Å². The summed E-state index contributed by atoms with van der Waals surface area (Å²) in [6, 6.07) is 9.49. The first-order chi connectivity index (χ1) is 18.2. The number of aromatic amines is 1. The van der Waals surface area contributed by atoms with E-state index in [2.05, 4.69) is 51.8 Å². The Bertz CT molecular complexity index is 1310. The molecule has 0 saturated carbocycles. The second kappa shape index (κ2) is 10.9. The molecule has 0 aliphatic carbocycles. The number of nitrogen functional groups attached to an aromatic ring is 1. The molecule has 3 N–H and O–H groups in total. The van der Waals surface area contributed by atoms with Crippen molar-refractivity contribution in [3.8, 4) is 11.6 Å². The molecule has 202 valence electrons. The average molecular weight is 543 g/mol. The number of aromatic nitrogens is 3. The summed E-state index contributed by atoms with van der Waals surface area (Å²) in [5.41, 5.74) is 8.84. The number of nitrogens with zero attached hydrogens (tertiary/aromatic N) is 5. The molecule has 2 atom stereocenters. The van der Waals surface area contributed by atoms with Crippen LogP contribution in [0, 0.1) is 12.7 Å². The molecule has 2 aliphatic heterocycles. The minimum atomic E-state index is -0.563. The molecule has 3 aromatic rings. The lowest BCUT2D eigenvalue weighted by molar-refractivity contribution is -0.374. The van der Waals surface area contributed by atoms with E-state index in [9.17, 15) is 9.18 Å². The van der Waals surface area contributed by atoms with Gasteiger partial charge in [0.1, 0.15) is 11.5 Å². The number of pyridine rings is 1. The monoisotopic (exact) mass is 542 g/mol. The normalized spacial score (nSPS) is 21.2. The number of halogens is 2. The number of piperidine rings is 1. The molecule has 0 radical (unpaired) electrons. The number of nitrogens with two attached hydrogens (primary N) is 1. The van der Waals surface area contributed by atoms with Crippen molar-refractivity contribution >= 4 is 29.2 Å². The van der Waals surface area contributed by atoms with Crippen molar-refractivity contribution in [3.63, 3.8) is 0 Å². The van der Waals surface area contributed by atoms with Gasteiger partial charge in [-0.05, 0) is 50.5 Å². The zero-order chi connectivity index (χ0) is 27.0. The van der Waals surface area contributed by atoms with Crippen LogP contribution in [0.15, 0.2) is 34.7 Å². The Labute approximate surface area is 226 Å². The molecule has 38 heavy (non-hydrogen) atoms. The van der Waals surface area contributed by atoms with Crippen molar-refractivity contribution in [2.24, 2.45) is 0 Å². The number of aryl methyl sites for hydroxylation is 1. The number of amides is 1. The minimum Gasteiger partial charge on any atom is -0.398 e. The molecule has 0 unspecified atom stereocenters. The third-order valence-corrected chi connectivity index (χ3v) is 8.14. The van der Waals surface area contributed by atoms with Crippen molar-refractivity contribution in [2.75, 3.05) is 36.8 Å². The maximum Gasteiger partial charge on any atom is 0.314 e. The van der Waals surface area contributed by atoms with Crippen molar-refractivity contribution < 1.29 is 18.6 Å². The number of carbonyl (C=O) groups is 1. The number of carbonyl (C=O) groups excluding carboxylic acids is 1. The number of piperazine rings is 1. The second-order valence-electron chi connectivity index (χ2n) is 10.2. The van der Waals surface area contributed by atoms with Crippen LogP contribution in [-0.4, -0.2) is 70.2 Å². The third kappa shape index (κ3) is 5.19. The molecular formula is C27H34ClFN7O2+. The van der Waals surface area contributed by atoms with Crippen LogP contribution in [0.1, 0.15) is 49.2 Å². The highest BCUT2D eigenvalue weighted by Crippen LogP contribution is 2.31. The van der Waals surface area contributed by atoms with Crippen LogP contribution >= 0.6 is 11.6 Å². The fraction of sp³-hybridized carbons (Fsp3) is 0.481. The highest BCUT2D eigenvalue weighted by atomic mass is 35.5.